The zero-order valence-corrected chi connectivity index (χ0v) is 22.4. The van der Waals surface area contributed by atoms with E-state index < -0.39 is 0 Å². The molecule has 36 heavy (non-hydrogen) atoms. The highest BCUT2D eigenvalue weighted by atomic mass is 16.5. The fourth-order valence-electron chi connectivity index (χ4n) is 3.18. The van der Waals surface area contributed by atoms with Crippen molar-refractivity contribution in [2.75, 3.05) is 26.6 Å². The molecule has 0 fully saturated rings. The number of anilines is 1. The molecule has 0 saturated carbocycles. The summed E-state index contributed by atoms with van der Waals surface area (Å²) in [7, 11) is 4.65. The van der Waals surface area contributed by atoms with Crippen LogP contribution in [0.4, 0.5) is 5.69 Å². The zero-order chi connectivity index (χ0) is 26.3. The van der Waals surface area contributed by atoms with Gasteiger partial charge in [0, 0.05) is 18.6 Å². The number of hydrogen-bond donors (Lipinski definition) is 1. The van der Waals surface area contributed by atoms with Crippen LogP contribution in [0.3, 0.4) is 0 Å². The monoisotopic (exact) mass is 493 g/mol. The lowest BCUT2D eigenvalue weighted by atomic mass is 10.2. The zero-order valence-electron chi connectivity index (χ0n) is 22.4. The molecule has 1 aromatic carbocycles. The first kappa shape index (κ1) is 30.6. The molecule has 0 aliphatic rings. The molecule has 1 aromatic rings. The molecule has 5 nitrogen and oxygen atoms in total. The number of allylic oxidation sites excluding steroid dienone is 12. The highest BCUT2D eigenvalue weighted by molar-refractivity contribution is 5.94. The van der Waals surface area contributed by atoms with Gasteiger partial charge in [0.1, 0.15) is 22.9 Å². The summed E-state index contributed by atoms with van der Waals surface area (Å²) in [5.74, 6) is 1.48. The van der Waals surface area contributed by atoms with Crippen LogP contribution in [0.2, 0.25) is 0 Å². The Morgan fingerprint density at radius 2 is 1.08 bits per heavy atom. The van der Waals surface area contributed by atoms with Gasteiger partial charge in [0.15, 0.2) is 0 Å². The minimum Gasteiger partial charge on any atom is -0.496 e. The highest BCUT2D eigenvalue weighted by Gasteiger charge is 2.15. The molecule has 0 heterocycles. The summed E-state index contributed by atoms with van der Waals surface area (Å²) in [6, 6.07) is 3.42. The Hall–Kier alpha value is -3.47. The van der Waals surface area contributed by atoms with Crippen molar-refractivity contribution in [1.82, 2.24) is 0 Å². The van der Waals surface area contributed by atoms with Crippen molar-refractivity contribution in [2.24, 2.45) is 0 Å². The second-order valence-electron chi connectivity index (χ2n) is 7.91. The van der Waals surface area contributed by atoms with E-state index in [1.54, 1.807) is 33.5 Å². The van der Waals surface area contributed by atoms with Crippen molar-refractivity contribution in [3.05, 3.63) is 85.0 Å². The minimum atomic E-state index is -0.101. The molecule has 0 saturated heterocycles. The number of amides is 1. The van der Waals surface area contributed by atoms with Crippen LogP contribution in [-0.2, 0) is 4.79 Å². The van der Waals surface area contributed by atoms with Gasteiger partial charge in [0.05, 0.1) is 21.3 Å². The highest BCUT2D eigenvalue weighted by Crippen LogP contribution is 2.38. The first-order chi connectivity index (χ1) is 17.7. The number of hydrogen-bond acceptors (Lipinski definition) is 4. The van der Waals surface area contributed by atoms with E-state index in [4.69, 9.17) is 14.2 Å². The topological polar surface area (TPSA) is 56.8 Å². The first-order valence-electron chi connectivity index (χ1n) is 12.7. The molecule has 0 aromatic heterocycles. The number of methoxy groups -OCH3 is 3. The Morgan fingerprint density at radius 1 is 0.667 bits per heavy atom. The van der Waals surface area contributed by atoms with E-state index in [2.05, 4.69) is 79.1 Å². The molecule has 0 unspecified atom stereocenters. The van der Waals surface area contributed by atoms with Gasteiger partial charge in [-0.25, -0.2) is 0 Å². The summed E-state index contributed by atoms with van der Waals surface area (Å²) in [6.45, 7) is 2.15. The first-order valence-corrected chi connectivity index (χ1v) is 12.7. The van der Waals surface area contributed by atoms with Crippen molar-refractivity contribution < 1.29 is 19.0 Å². The minimum absolute atomic E-state index is 0.101. The lowest BCUT2D eigenvalue weighted by Crippen LogP contribution is -2.12. The summed E-state index contributed by atoms with van der Waals surface area (Å²) in [5, 5.41) is 2.88. The Kier molecular flexibility index (Phi) is 17.7. The number of benzene rings is 1. The van der Waals surface area contributed by atoms with Gasteiger partial charge in [-0.15, -0.1) is 0 Å². The van der Waals surface area contributed by atoms with Crippen LogP contribution >= 0.6 is 0 Å². The number of nitrogens with one attached hydrogen (secondary N) is 1. The van der Waals surface area contributed by atoms with Crippen molar-refractivity contribution in [1.29, 1.82) is 0 Å². The molecule has 0 bridgehead atoms. The third kappa shape index (κ3) is 14.1. The van der Waals surface area contributed by atoms with E-state index in [9.17, 15) is 4.79 Å². The molecule has 0 atom stereocenters. The predicted molar refractivity (Wildman–Crippen MR) is 152 cm³/mol. The van der Waals surface area contributed by atoms with Gasteiger partial charge in [0.2, 0.25) is 5.91 Å². The number of carbonyl (C=O) groups is 1. The van der Waals surface area contributed by atoms with Gasteiger partial charge in [0.25, 0.3) is 0 Å². The molecular formula is C31H43NO4. The second kappa shape index (κ2) is 20.9. The molecule has 1 rings (SSSR count). The average molecular weight is 494 g/mol. The van der Waals surface area contributed by atoms with Crippen LogP contribution in [0.5, 0.6) is 17.2 Å². The van der Waals surface area contributed by atoms with E-state index in [1.807, 2.05) is 6.08 Å². The van der Waals surface area contributed by atoms with Gasteiger partial charge in [-0.2, -0.15) is 0 Å². The largest absolute Gasteiger partial charge is 0.496 e. The maximum Gasteiger partial charge on any atom is 0.224 e. The van der Waals surface area contributed by atoms with Crippen LogP contribution < -0.4 is 19.5 Å². The number of carbonyl (C=O) groups excluding carboxylic acids is 1. The van der Waals surface area contributed by atoms with Crippen LogP contribution in [0.25, 0.3) is 0 Å². The normalized spacial score (nSPS) is 12.2. The lowest BCUT2D eigenvalue weighted by molar-refractivity contribution is -0.116. The molecule has 5 heteroatoms. The third-order valence-corrected chi connectivity index (χ3v) is 5.11. The van der Waals surface area contributed by atoms with Gasteiger partial charge in [-0.05, 0) is 44.9 Å². The summed E-state index contributed by atoms with van der Waals surface area (Å²) >= 11 is 0. The van der Waals surface area contributed by atoms with E-state index in [1.165, 1.54) is 0 Å². The molecule has 0 spiro atoms. The second-order valence-corrected chi connectivity index (χ2v) is 7.91. The Morgan fingerprint density at radius 3 is 1.47 bits per heavy atom. The van der Waals surface area contributed by atoms with E-state index in [0.717, 1.165) is 38.5 Å². The summed E-state index contributed by atoms with van der Waals surface area (Å²) in [6.07, 6.45) is 32.9. The Balaban J connectivity index is 2.22. The molecule has 0 aliphatic carbocycles. The quantitative estimate of drug-likeness (QED) is 0.210. The van der Waals surface area contributed by atoms with Crippen LogP contribution in [0.15, 0.2) is 85.0 Å². The lowest BCUT2D eigenvalue weighted by Gasteiger charge is -2.15. The smallest absolute Gasteiger partial charge is 0.224 e. The van der Waals surface area contributed by atoms with Crippen molar-refractivity contribution >= 4 is 11.6 Å². The van der Waals surface area contributed by atoms with Crippen LogP contribution in [0.1, 0.15) is 58.3 Å². The standard InChI is InChI=1S/C31H43NO4/c1-5-6-7-8-9-10-11-12-13-14-15-16-17-18-19-20-21-22-23-24-30(33)32-31-28(35-3)25-27(34-2)26-29(31)36-4/h6-7,9-10,12-13,15-16,18-19,21-22,25-26H,5,8,11,14,17,20,23-24H2,1-4H3,(H,32,33)/b7-6-,10-9-,13-12-,16-15-,19-18-,22-21-. The van der Waals surface area contributed by atoms with Gasteiger partial charge in [-0.1, -0.05) is 79.8 Å². The summed E-state index contributed by atoms with van der Waals surface area (Å²) < 4.78 is 16.0. The number of ether oxygens (including phenoxy) is 3. The molecule has 1 N–H and O–H groups in total. The van der Waals surface area contributed by atoms with Crippen molar-refractivity contribution in [3.63, 3.8) is 0 Å². The number of rotatable bonds is 18. The van der Waals surface area contributed by atoms with Gasteiger partial charge < -0.3 is 19.5 Å². The third-order valence-electron chi connectivity index (χ3n) is 5.11. The SMILES string of the molecule is CC/C=C\C/C=C\C/C=C\C/C=C\C/C=C\C/C=C\CCC(=O)Nc1c(OC)cc(OC)cc1OC. The molecule has 0 aliphatic heterocycles. The predicted octanol–water partition coefficient (Wildman–Crippen LogP) is 8.13. The Labute approximate surface area is 217 Å². The van der Waals surface area contributed by atoms with Gasteiger partial charge >= 0.3 is 0 Å². The van der Waals surface area contributed by atoms with E-state index in [0.29, 0.717) is 35.8 Å². The van der Waals surface area contributed by atoms with Crippen LogP contribution in [-0.4, -0.2) is 27.2 Å². The fraction of sp³-hybridized carbons (Fsp3) is 0.387. The van der Waals surface area contributed by atoms with Gasteiger partial charge in [-0.3, -0.25) is 4.79 Å². The fourth-order valence-corrected chi connectivity index (χ4v) is 3.18. The maximum absolute atomic E-state index is 12.4. The average Bonchev–Trinajstić information content (AvgIpc) is 2.89. The summed E-state index contributed by atoms with van der Waals surface area (Å²) in [4.78, 5) is 12.4. The van der Waals surface area contributed by atoms with Crippen LogP contribution in [0, 0.1) is 0 Å². The molecule has 1 amide bonds. The van der Waals surface area contributed by atoms with E-state index in [-0.39, 0.29) is 5.91 Å². The molecule has 196 valence electrons. The Bertz CT molecular complexity index is 897. The van der Waals surface area contributed by atoms with Crippen molar-refractivity contribution in [3.8, 4) is 17.2 Å². The van der Waals surface area contributed by atoms with Crippen molar-refractivity contribution in [2.45, 2.75) is 58.3 Å². The maximum atomic E-state index is 12.4. The molecule has 0 radical (unpaired) electrons. The molecular weight excluding hydrogens is 450 g/mol. The summed E-state index contributed by atoms with van der Waals surface area (Å²) in [5.41, 5.74) is 0.508. The van der Waals surface area contributed by atoms with E-state index >= 15 is 0 Å².